The molecule has 0 atom stereocenters. The van der Waals surface area contributed by atoms with Crippen molar-refractivity contribution in [3.8, 4) is 11.8 Å². The van der Waals surface area contributed by atoms with E-state index in [4.69, 9.17) is 4.74 Å². The SMILES string of the molecule is CN1CCN(c2ccc(Nc3ncc(C#CCCNC(=O)OC(C)(C)C)cn3)cc2)CC1. The number of nitrogens with zero attached hydrogens (tertiary/aromatic N) is 4. The first-order valence-corrected chi connectivity index (χ1v) is 10.9. The number of carbonyl (C=O) groups excluding carboxylic acids is 1. The van der Waals surface area contributed by atoms with Gasteiger partial charge in [-0.05, 0) is 52.1 Å². The molecule has 8 nitrogen and oxygen atoms in total. The lowest BCUT2D eigenvalue weighted by molar-refractivity contribution is 0.0529. The number of anilines is 3. The van der Waals surface area contributed by atoms with Gasteiger partial charge in [0, 0.05) is 62.9 Å². The van der Waals surface area contributed by atoms with Crippen LogP contribution >= 0.6 is 0 Å². The summed E-state index contributed by atoms with van der Waals surface area (Å²) in [5.41, 5.74) is 2.39. The van der Waals surface area contributed by atoms with E-state index in [0.29, 0.717) is 18.9 Å². The van der Waals surface area contributed by atoms with Gasteiger partial charge in [0.2, 0.25) is 5.95 Å². The fourth-order valence-electron chi connectivity index (χ4n) is 3.11. The lowest BCUT2D eigenvalue weighted by atomic mass is 10.2. The number of aromatic nitrogens is 2. The Morgan fingerprint density at radius 2 is 1.75 bits per heavy atom. The van der Waals surface area contributed by atoms with Crippen LogP contribution in [0, 0.1) is 11.8 Å². The zero-order valence-corrected chi connectivity index (χ0v) is 19.3. The van der Waals surface area contributed by atoms with Gasteiger partial charge in [-0.15, -0.1) is 0 Å². The summed E-state index contributed by atoms with van der Waals surface area (Å²) >= 11 is 0. The lowest BCUT2D eigenvalue weighted by Crippen LogP contribution is -2.44. The summed E-state index contributed by atoms with van der Waals surface area (Å²) in [7, 11) is 2.16. The molecule has 0 radical (unpaired) electrons. The van der Waals surface area contributed by atoms with E-state index in [2.05, 4.69) is 61.4 Å². The van der Waals surface area contributed by atoms with Crippen LogP contribution in [0.3, 0.4) is 0 Å². The van der Waals surface area contributed by atoms with Crippen molar-refractivity contribution >= 4 is 23.4 Å². The molecule has 1 saturated heterocycles. The highest BCUT2D eigenvalue weighted by Crippen LogP contribution is 2.20. The Labute approximate surface area is 190 Å². The third kappa shape index (κ3) is 7.75. The molecular formula is C24H32N6O2. The number of ether oxygens (including phenoxy) is 1. The molecule has 170 valence electrons. The van der Waals surface area contributed by atoms with Crippen LogP contribution < -0.4 is 15.5 Å². The van der Waals surface area contributed by atoms with Crippen LogP contribution in [0.25, 0.3) is 0 Å². The minimum atomic E-state index is -0.504. The van der Waals surface area contributed by atoms with Crippen LogP contribution in [0.4, 0.5) is 22.1 Å². The number of carbonyl (C=O) groups is 1. The summed E-state index contributed by atoms with van der Waals surface area (Å²) in [4.78, 5) is 25.0. The van der Waals surface area contributed by atoms with Crippen LogP contribution in [-0.4, -0.2) is 66.3 Å². The van der Waals surface area contributed by atoms with E-state index in [1.807, 2.05) is 32.9 Å². The number of alkyl carbamates (subject to hydrolysis) is 1. The van der Waals surface area contributed by atoms with Crippen molar-refractivity contribution < 1.29 is 9.53 Å². The van der Waals surface area contributed by atoms with Gasteiger partial charge in [-0.3, -0.25) is 0 Å². The van der Waals surface area contributed by atoms with E-state index < -0.39 is 11.7 Å². The molecule has 1 aliphatic heterocycles. The standard InChI is InChI=1S/C24H32N6O2/c1-24(2,3)32-23(31)25-12-6-5-7-19-17-26-22(27-18-19)28-20-8-10-21(11-9-20)30-15-13-29(4)14-16-30/h8-11,17-18H,6,12-16H2,1-4H3,(H,25,31)(H,26,27,28). The van der Waals surface area contributed by atoms with Gasteiger partial charge in [0.15, 0.2) is 0 Å². The van der Waals surface area contributed by atoms with E-state index in [9.17, 15) is 4.79 Å². The zero-order chi connectivity index (χ0) is 23.0. The predicted molar refractivity (Wildman–Crippen MR) is 127 cm³/mol. The summed E-state index contributed by atoms with van der Waals surface area (Å²) < 4.78 is 5.18. The van der Waals surface area contributed by atoms with Gasteiger partial charge in [-0.1, -0.05) is 11.8 Å². The normalized spacial score (nSPS) is 14.3. The maximum atomic E-state index is 11.6. The number of hydrogen-bond donors (Lipinski definition) is 2. The molecule has 32 heavy (non-hydrogen) atoms. The highest BCUT2D eigenvalue weighted by molar-refractivity contribution is 5.67. The smallest absolute Gasteiger partial charge is 0.407 e. The predicted octanol–water partition coefficient (Wildman–Crippen LogP) is 3.24. The minimum absolute atomic E-state index is 0.423. The Hall–Kier alpha value is -3.31. The highest BCUT2D eigenvalue weighted by Gasteiger charge is 2.15. The van der Waals surface area contributed by atoms with Crippen LogP contribution in [0.1, 0.15) is 32.8 Å². The minimum Gasteiger partial charge on any atom is -0.444 e. The van der Waals surface area contributed by atoms with E-state index in [-0.39, 0.29) is 0 Å². The molecule has 8 heteroatoms. The molecule has 1 aromatic heterocycles. The molecule has 3 rings (SSSR count). The Bertz CT molecular complexity index is 934. The first kappa shape index (κ1) is 23.4. The number of likely N-dealkylation sites (N-methyl/N-ethyl adjacent to an activating group) is 1. The molecule has 1 aromatic carbocycles. The topological polar surface area (TPSA) is 82.6 Å². The van der Waals surface area contributed by atoms with Crippen molar-refractivity contribution in [1.82, 2.24) is 20.2 Å². The fourth-order valence-corrected chi connectivity index (χ4v) is 3.11. The average Bonchev–Trinajstić information content (AvgIpc) is 2.75. The van der Waals surface area contributed by atoms with Crippen molar-refractivity contribution in [3.05, 3.63) is 42.2 Å². The monoisotopic (exact) mass is 436 g/mol. The first-order chi connectivity index (χ1) is 15.3. The van der Waals surface area contributed by atoms with Crippen molar-refractivity contribution in [2.45, 2.75) is 32.8 Å². The summed E-state index contributed by atoms with van der Waals surface area (Å²) in [5.74, 6) is 6.52. The largest absolute Gasteiger partial charge is 0.444 e. The van der Waals surface area contributed by atoms with E-state index in [0.717, 1.165) is 37.4 Å². The molecule has 0 spiro atoms. The first-order valence-electron chi connectivity index (χ1n) is 10.9. The maximum Gasteiger partial charge on any atom is 0.407 e. The lowest BCUT2D eigenvalue weighted by Gasteiger charge is -2.34. The molecule has 2 N–H and O–H groups in total. The second-order valence-electron chi connectivity index (χ2n) is 8.74. The number of amides is 1. The third-order valence-corrected chi connectivity index (χ3v) is 4.79. The van der Waals surface area contributed by atoms with Gasteiger partial charge in [0.25, 0.3) is 0 Å². The molecule has 1 aliphatic rings. The van der Waals surface area contributed by atoms with Gasteiger partial charge in [0.05, 0.1) is 5.56 Å². The fraction of sp³-hybridized carbons (Fsp3) is 0.458. The van der Waals surface area contributed by atoms with Crippen LogP contribution in [-0.2, 0) is 4.74 Å². The maximum absolute atomic E-state index is 11.6. The van der Waals surface area contributed by atoms with Crippen molar-refractivity contribution in [2.24, 2.45) is 0 Å². The molecule has 0 aliphatic carbocycles. The molecule has 0 bridgehead atoms. The molecule has 1 amide bonds. The van der Waals surface area contributed by atoms with Crippen molar-refractivity contribution in [2.75, 3.05) is 50.0 Å². The number of hydrogen-bond acceptors (Lipinski definition) is 7. The quantitative estimate of drug-likeness (QED) is 0.550. The average molecular weight is 437 g/mol. The number of rotatable bonds is 5. The Balaban J connectivity index is 1.44. The summed E-state index contributed by atoms with van der Waals surface area (Å²) in [6, 6.07) is 8.34. The van der Waals surface area contributed by atoms with Gasteiger partial charge in [0.1, 0.15) is 5.60 Å². The van der Waals surface area contributed by atoms with Gasteiger partial charge < -0.3 is 25.2 Å². The zero-order valence-electron chi connectivity index (χ0n) is 19.3. The summed E-state index contributed by atoms with van der Waals surface area (Å²) in [6.45, 7) is 10.2. The Morgan fingerprint density at radius 3 is 2.38 bits per heavy atom. The van der Waals surface area contributed by atoms with Crippen LogP contribution in [0.15, 0.2) is 36.7 Å². The van der Waals surface area contributed by atoms with Gasteiger partial charge in [-0.2, -0.15) is 0 Å². The summed E-state index contributed by atoms with van der Waals surface area (Å²) in [5, 5.41) is 5.90. The third-order valence-electron chi connectivity index (χ3n) is 4.79. The van der Waals surface area contributed by atoms with E-state index in [1.165, 1.54) is 5.69 Å². The second-order valence-corrected chi connectivity index (χ2v) is 8.74. The van der Waals surface area contributed by atoms with Gasteiger partial charge in [-0.25, -0.2) is 14.8 Å². The van der Waals surface area contributed by atoms with Crippen LogP contribution in [0.5, 0.6) is 0 Å². The van der Waals surface area contributed by atoms with Crippen LogP contribution in [0.2, 0.25) is 0 Å². The van der Waals surface area contributed by atoms with E-state index >= 15 is 0 Å². The molecule has 2 aromatic rings. The van der Waals surface area contributed by atoms with Gasteiger partial charge >= 0.3 is 6.09 Å². The summed E-state index contributed by atoms with van der Waals surface area (Å²) in [6.07, 6.45) is 3.44. The van der Waals surface area contributed by atoms with E-state index in [1.54, 1.807) is 12.4 Å². The highest BCUT2D eigenvalue weighted by atomic mass is 16.6. The number of benzene rings is 1. The molecule has 1 fully saturated rings. The molecule has 0 unspecified atom stereocenters. The van der Waals surface area contributed by atoms with Crippen molar-refractivity contribution in [1.29, 1.82) is 0 Å². The molecule has 2 heterocycles. The molecule has 0 saturated carbocycles. The number of nitrogens with one attached hydrogen (secondary N) is 2. The Kier molecular flexibility index (Phi) is 7.90. The second kappa shape index (κ2) is 10.8. The number of piperazine rings is 1. The molecular weight excluding hydrogens is 404 g/mol. The Morgan fingerprint density at radius 1 is 1.09 bits per heavy atom. The van der Waals surface area contributed by atoms with Crippen molar-refractivity contribution in [3.63, 3.8) is 0 Å².